The van der Waals surface area contributed by atoms with Crippen molar-refractivity contribution in [3.8, 4) is 0 Å². The van der Waals surface area contributed by atoms with Gasteiger partial charge in [-0.3, -0.25) is 0 Å². The van der Waals surface area contributed by atoms with Crippen molar-refractivity contribution in [2.45, 2.75) is 13.0 Å². The van der Waals surface area contributed by atoms with Gasteiger partial charge < -0.3 is 10.6 Å². The Morgan fingerprint density at radius 2 is 1.76 bits per heavy atom. The smallest absolute Gasteiger partial charge is 0.120 e. The Balaban J connectivity index is 1.91. The van der Waals surface area contributed by atoms with Crippen LogP contribution in [-0.2, 0) is 6.54 Å². The maximum absolute atomic E-state index is 5.70. The number of nitrogens with zero attached hydrogens (tertiary/aromatic N) is 2. The normalized spacial score (nSPS) is 10.9. The Hall–Kier alpha value is -1.91. The first-order valence-electron chi connectivity index (χ1n) is 7.22. The van der Waals surface area contributed by atoms with Gasteiger partial charge in [-0.2, -0.15) is 4.37 Å². The summed E-state index contributed by atoms with van der Waals surface area (Å²) in [5, 5.41) is 2.47. The van der Waals surface area contributed by atoms with Gasteiger partial charge in [-0.15, -0.1) is 0 Å². The average Bonchev–Trinajstić information content (AvgIpc) is 2.96. The summed E-state index contributed by atoms with van der Waals surface area (Å²) < 4.78 is 4.56. The molecule has 0 aliphatic rings. The Morgan fingerprint density at radius 3 is 2.57 bits per heavy atom. The molecule has 3 rings (SSSR count). The van der Waals surface area contributed by atoms with E-state index in [0.29, 0.717) is 6.54 Å². The predicted molar refractivity (Wildman–Crippen MR) is 90.8 cm³/mol. The third kappa shape index (κ3) is 3.23. The molecule has 0 aliphatic heterocycles. The van der Waals surface area contributed by atoms with Crippen LogP contribution < -0.4 is 10.6 Å². The zero-order valence-electron chi connectivity index (χ0n) is 11.9. The molecule has 3 nitrogen and oxygen atoms in total. The topological polar surface area (TPSA) is 42.1 Å². The first kappa shape index (κ1) is 14.0. The molecule has 0 unspecified atom stereocenters. The molecule has 2 aromatic carbocycles. The van der Waals surface area contributed by atoms with E-state index in [0.717, 1.165) is 25.0 Å². The van der Waals surface area contributed by atoms with Gasteiger partial charge in [0.25, 0.3) is 0 Å². The highest BCUT2D eigenvalue weighted by Gasteiger charge is 2.13. The number of anilines is 1. The number of hydrogen-bond acceptors (Lipinski definition) is 4. The summed E-state index contributed by atoms with van der Waals surface area (Å²) in [5.41, 5.74) is 8.08. The Labute approximate surface area is 129 Å². The molecule has 4 heteroatoms. The third-order valence-corrected chi connectivity index (χ3v) is 4.44. The molecule has 2 N–H and O–H groups in total. The van der Waals surface area contributed by atoms with E-state index in [1.165, 1.54) is 16.0 Å². The monoisotopic (exact) mass is 297 g/mol. The fourth-order valence-corrected chi connectivity index (χ4v) is 3.33. The molecular weight excluding hydrogens is 278 g/mol. The van der Waals surface area contributed by atoms with Gasteiger partial charge in [0.05, 0.1) is 5.52 Å². The van der Waals surface area contributed by atoms with E-state index in [9.17, 15) is 0 Å². The van der Waals surface area contributed by atoms with E-state index in [1.807, 2.05) is 6.07 Å². The van der Waals surface area contributed by atoms with Gasteiger partial charge in [0.1, 0.15) is 5.00 Å². The molecule has 0 radical (unpaired) electrons. The molecular formula is C17H19N3S. The summed E-state index contributed by atoms with van der Waals surface area (Å²) in [6.45, 7) is 2.56. The average molecular weight is 297 g/mol. The van der Waals surface area contributed by atoms with Crippen LogP contribution in [0.2, 0.25) is 0 Å². The minimum Gasteiger partial charge on any atom is -0.357 e. The minimum atomic E-state index is 0.710. The number of nitrogens with two attached hydrogens (primary N) is 1. The molecule has 1 heterocycles. The lowest BCUT2D eigenvalue weighted by Crippen LogP contribution is -2.25. The molecule has 0 bridgehead atoms. The molecule has 3 aromatic rings. The van der Waals surface area contributed by atoms with Gasteiger partial charge >= 0.3 is 0 Å². The molecule has 0 fully saturated rings. The van der Waals surface area contributed by atoms with Crippen molar-refractivity contribution in [2.75, 3.05) is 18.0 Å². The van der Waals surface area contributed by atoms with Crippen LogP contribution in [-0.4, -0.2) is 17.5 Å². The Kier molecular flexibility index (Phi) is 4.48. The summed E-state index contributed by atoms with van der Waals surface area (Å²) in [7, 11) is 0. The second kappa shape index (κ2) is 6.70. The van der Waals surface area contributed by atoms with Gasteiger partial charge in [0, 0.05) is 18.5 Å². The molecule has 0 saturated heterocycles. The van der Waals surface area contributed by atoms with Crippen molar-refractivity contribution in [3.63, 3.8) is 0 Å². The van der Waals surface area contributed by atoms with Crippen molar-refractivity contribution in [1.29, 1.82) is 0 Å². The van der Waals surface area contributed by atoms with E-state index >= 15 is 0 Å². The van der Waals surface area contributed by atoms with Crippen LogP contribution in [0.4, 0.5) is 5.00 Å². The standard InChI is InChI=1S/C17H19N3S/c18-11-6-12-20(13-14-7-2-1-3-8-14)17-15-9-4-5-10-16(15)19-21-17/h1-5,7-10H,6,11-13,18H2. The molecule has 1 aromatic heterocycles. The van der Waals surface area contributed by atoms with Gasteiger partial charge in [0.2, 0.25) is 0 Å². The van der Waals surface area contributed by atoms with Crippen molar-refractivity contribution in [1.82, 2.24) is 4.37 Å². The van der Waals surface area contributed by atoms with E-state index in [2.05, 4.69) is 57.8 Å². The molecule has 21 heavy (non-hydrogen) atoms. The van der Waals surface area contributed by atoms with E-state index in [-0.39, 0.29) is 0 Å². The van der Waals surface area contributed by atoms with Gasteiger partial charge in [-0.05, 0) is 42.2 Å². The van der Waals surface area contributed by atoms with E-state index in [1.54, 1.807) is 11.5 Å². The highest BCUT2D eigenvalue weighted by atomic mass is 32.1. The summed E-state index contributed by atoms with van der Waals surface area (Å²) in [6, 6.07) is 18.9. The van der Waals surface area contributed by atoms with Crippen molar-refractivity contribution in [3.05, 3.63) is 60.2 Å². The van der Waals surface area contributed by atoms with Crippen LogP contribution in [0.3, 0.4) is 0 Å². The summed E-state index contributed by atoms with van der Waals surface area (Å²) in [5.74, 6) is 0. The molecule has 0 spiro atoms. The minimum absolute atomic E-state index is 0.710. The number of aromatic nitrogens is 1. The largest absolute Gasteiger partial charge is 0.357 e. The first-order valence-corrected chi connectivity index (χ1v) is 7.99. The predicted octanol–water partition coefficient (Wildman–Crippen LogP) is 3.65. The lowest BCUT2D eigenvalue weighted by atomic mass is 10.2. The van der Waals surface area contributed by atoms with E-state index < -0.39 is 0 Å². The van der Waals surface area contributed by atoms with Crippen LogP contribution >= 0.6 is 11.5 Å². The van der Waals surface area contributed by atoms with Crippen molar-refractivity contribution >= 4 is 27.4 Å². The van der Waals surface area contributed by atoms with Gasteiger partial charge in [-0.25, -0.2) is 0 Å². The number of rotatable bonds is 6. The van der Waals surface area contributed by atoms with Crippen molar-refractivity contribution < 1.29 is 0 Å². The second-order valence-corrected chi connectivity index (χ2v) is 5.81. The first-order chi connectivity index (χ1) is 10.4. The van der Waals surface area contributed by atoms with Crippen LogP contribution in [0.5, 0.6) is 0 Å². The van der Waals surface area contributed by atoms with Gasteiger partial charge in [-0.1, -0.05) is 42.5 Å². The Bertz CT molecular complexity index is 693. The van der Waals surface area contributed by atoms with Crippen LogP contribution in [0, 0.1) is 0 Å². The van der Waals surface area contributed by atoms with Gasteiger partial charge in [0.15, 0.2) is 0 Å². The molecule has 108 valence electrons. The quantitative estimate of drug-likeness (QED) is 0.755. The third-order valence-electron chi connectivity index (χ3n) is 3.50. The maximum atomic E-state index is 5.70. The van der Waals surface area contributed by atoms with Crippen LogP contribution in [0.25, 0.3) is 10.9 Å². The summed E-state index contributed by atoms with van der Waals surface area (Å²) >= 11 is 1.58. The molecule has 0 amide bonds. The number of fused-ring (bicyclic) bond motifs is 1. The summed E-state index contributed by atoms with van der Waals surface area (Å²) in [6.07, 6.45) is 0.985. The van der Waals surface area contributed by atoms with Crippen molar-refractivity contribution in [2.24, 2.45) is 5.73 Å². The molecule has 0 saturated carbocycles. The van der Waals surface area contributed by atoms with E-state index in [4.69, 9.17) is 5.73 Å². The molecule has 0 atom stereocenters. The fraction of sp³-hybridized carbons (Fsp3) is 0.235. The Morgan fingerprint density at radius 1 is 1.00 bits per heavy atom. The lowest BCUT2D eigenvalue weighted by molar-refractivity contribution is 0.743. The maximum Gasteiger partial charge on any atom is 0.120 e. The number of benzene rings is 2. The molecule has 0 aliphatic carbocycles. The van der Waals surface area contributed by atoms with Crippen LogP contribution in [0.1, 0.15) is 12.0 Å². The fourth-order valence-electron chi connectivity index (χ4n) is 2.44. The zero-order valence-corrected chi connectivity index (χ0v) is 12.7. The summed E-state index contributed by atoms with van der Waals surface area (Å²) in [4.78, 5) is 2.39. The van der Waals surface area contributed by atoms with Crippen LogP contribution in [0.15, 0.2) is 54.6 Å². The lowest BCUT2D eigenvalue weighted by Gasteiger charge is -2.23. The second-order valence-electron chi connectivity index (χ2n) is 5.05. The highest BCUT2D eigenvalue weighted by Crippen LogP contribution is 2.32. The highest BCUT2D eigenvalue weighted by molar-refractivity contribution is 7.11. The zero-order chi connectivity index (χ0) is 14.5. The number of hydrogen-bond donors (Lipinski definition) is 1. The SMILES string of the molecule is NCCCN(Cc1ccccc1)c1snc2ccccc12.